The van der Waals surface area contributed by atoms with Gasteiger partial charge < -0.3 is 19.7 Å². The zero-order valence-corrected chi connectivity index (χ0v) is 16.3. The first-order chi connectivity index (χ1) is 12.4. The lowest BCUT2D eigenvalue weighted by molar-refractivity contribution is -0.133. The van der Waals surface area contributed by atoms with Gasteiger partial charge in [0.2, 0.25) is 5.91 Å². The second kappa shape index (κ2) is 10.3. The van der Waals surface area contributed by atoms with Gasteiger partial charge in [0.05, 0.1) is 13.0 Å². The van der Waals surface area contributed by atoms with Crippen molar-refractivity contribution in [3.8, 4) is 5.75 Å². The van der Waals surface area contributed by atoms with Gasteiger partial charge >= 0.3 is 0 Å². The van der Waals surface area contributed by atoms with Crippen LogP contribution in [0.5, 0.6) is 5.75 Å². The molecule has 0 aliphatic carbocycles. The summed E-state index contributed by atoms with van der Waals surface area (Å²) in [6.07, 6.45) is 3.92. The molecule has 0 bridgehead atoms. The standard InChI is InChI=1S/C21H32N2O3/c1-16(2)22-19-5-4-13-23(15-19)21(25)12-14-26-20-10-8-18(9-11-20)7-6-17(3)24/h8-11,16,19,22H,4-7,12-15H2,1-3H3. The average Bonchev–Trinajstić information content (AvgIpc) is 2.60. The van der Waals surface area contributed by atoms with Crippen LogP contribution in [0, 0.1) is 0 Å². The second-order valence-corrected chi connectivity index (χ2v) is 7.44. The van der Waals surface area contributed by atoms with Crippen molar-refractivity contribution < 1.29 is 14.3 Å². The van der Waals surface area contributed by atoms with E-state index in [2.05, 4.69) is 19.2 Å². The minimum Gasteiger partial charge on any atom is -0.493 e. The molecular formula is C21H32N2O3. The monoisotopic (exact) mass is 360 g/mol. The predicted octanol–water partition coefficient (Wildman–Crippen LogP) is 2.97. The number of ketones is 1. The second-order valence-electron chi connectivity index (χ2n) is 7.44. The summed E-state index contributed by atoms with van der Waals surface area (Å²) < 4.78 is 5.71. The fourth-order valence-electron chi connectivity index (χ4n) is 3.30. The quantitative estimate of drug-likeness (QED) is 0.735. The summed E-state index contributed by atoms with van der Waals surface area (Å²) in [7, 11) is 0. The number of rotatable bonds is 9. The third-order valence-electron chi connectivity index (χ3n) is 4.62. The molecule has 1 amide bonds. The molecule has 0 spiro atoms. The Balaban J connectivity index is 1.71. The lowest BCUT2D eigenvalue weighted by atomic mass is 10.0. The number of nitrogens with zero attached hydrogens (tertiary/aromatic N) is 1. The van der Waals surface area contributed by atoms with E-state index in [1.165, 1.54) is 0 Å². The molecular weight excluding hydrogens is 328 g/mol. The largest absolute Gasteiger partial charge is 0.493 e. The maximum absolute atomic E-state index is 12.4. The van der Waals surface area contributed by atoms with Crippen LogP contribution in [0.25, 0.3) is 0 Å². The molecule has 5 heteroatoms. The van der Waals surface area contributed by atoms with Crippen LogP contribution in [0.15, 0.2) is 24.3 Å². The molecule has 2 rings (SSSR count). The van der Waals surface area contributed by atoms with E-state index in [1.54, 1.807) is 6.92 Å². The highest BCUT2D eigenvalue weighted by Crippen LogP contribution is 2.15. The van der Waals surface area contributed by atoms with Crippen molar-refractivity contribution in [3.05, 3.63) is 29.8 Å². The summed E-state index contributed by atoms with van der Waals surface area (Å²) in [5.74, 6) is 1.13. The van der Waals surface area contributed by atoms with E-state index >= 15 is 0 Å². The lowest BCUT2D eigenvalue weighted by Crippen LogP contribution is -2.49. The molecule has 1 aliphatic rings. The highest BCUT2D eigenvalue weighted by molar-refractivity contribution is 5.76. The van der Waals surface area contributed by atoms with E-state index in [1.807, 2.05) is 29.2 Å². The van der Waals surface area contributed by atoms with Gasteiger partial charge in [-0.25, -0.2) is 0 Å². The number of Topliss-reactive ketones (excluding diaryl/α,β-unsaturated/α-hetero) is 1. The first-order valence-corrected chi connectivity index (χ1v) is 9.69. The molecule has 0 saturated carbocycles. The van der Waals surface area contributed by atoms with Gasteiger partial charge in [-0.05, 0) is 43.9 Å². The highest BCUT2D eigenvalue weighted by atomic mass is 16.5. The molecule has 0 aromatic heterocycles. The van der Waals surface area contributed by atoms with Gasteiger partial charge in [0.25, 0.3) is 0 Å². The normalized spacial score (nSPS) is 17.4. The summed E-state index contributed by atoms with van der Waals surface area (Å²) in [5.41, 5.74) is 1.13. The predicted molar refractivity (Wildman–Crippen MR) is 103 cm³/mol. The molecule has 1 aromatic carbocycles. The number of carbonyl (C=O) groups is 2. The van der Waals surface area contributed by atoms with Crippen molar-refractivity contribution in [3.63, 3.8) is 0 Å². The SMILES string of the molecule is CC(=O)CCc1ccc(OCCC(=O)N2CCCC(NC(C)C)C2)cc1. The summed E-state index contributed by atoms with van der Waals surface area (Å²) in [6, 6.07) is 8.61. The number of ether oxygens (including phenoxy) is 1. The third-order valence-corrected chi connectivity index (χ3v) is 4.62. The van der Waals surface area contributed by atoms with Crippen molar-refractivity contribution in [2.75, 3.05) is 19.7 Å². The van der Waals surface area contributed by atoms with Crippen molar-refractivity contribution >= 4 is 11.7 Å². The van der Waals surface area contributed by atoms with Gasteiger partial charge in [0.1, 0.15) is 11.5 Å². The maximum atomic E-state index is 12.4. The molecule has 144 valence electrons. The van der Waals surface area contributed by atoms with E-state index < -0.39 is 0 Å². The van der Waals surface area contributed by atoms with Gasteiger partial charge in [0, 0.05) is 31.6 Å². The zero-order valence-electron chi connectivity index (χ0n) is 16.3. The van der Waals surface area contributed by atoms with Crippen LogP contribution in [0.2, 0.25) is 0 Å². The van der Waals surface area contributed by atoms with Gasteiger partial charge in [-0.2, -0.15) is 0 Å². The number of nitrogens with one attached hydrogen (secondary N) is 1. The molecule has 1 unspecified atom stereocenters. The van der Waals surface area contributed by atoms with Crippen molar-refractivity contribution in [2.24, 2.45) is 0 Å². The van der Waals surface area contributed by atoms with Crippen LogP contribution >= 0.6 is 0 Å². The molecule has 1 N–H and O–H groups in total. The molecule has 1 aliphatic heterocycles. The maximum Gasteiger partial charge on any atom is 0.226 e. The first-order valence-electron chi connectivity index (χ1n) is 9.69. The number of piperidine rings is 1. The topological polar surface area (TPSA) is 58.6 Å². The summed E-state index contributed by atoms with van der Waals surface area (Å²) in [5, 5.41) is 3.52. The zero-order chi connectivity index (χ0) is 18.9. The Kier molecular flexibility index (Phi) is 8.10. The summed E-state index contributed by atoms with van der Waals surface area (Å²) in [6.45, 7) is 7.92. The van der Waals surface area contributed by atoms with E-state index in [0.717, 1.165) is 43.7 Å². The molecule has 1 fully saturated rings. The molecule has 1 heterocycles. The van der Waals surface area contributed by atoms with Crippen LogP contribution in [0.4, 0.5) is 0 Å². The van der Waals surface area contributed by atoms with Gasteiger partial charge in [-0.15, -0.1) is 0 Å². The van der Waals surface area contributed by atoms with E-state index in [4.69, 9.17) is 4.74 Å². The lowest BCUT2D eigenvalue weighted by Gasteiger charge is -2.34. The average molecular weight is 360 g/mol. The number of hydrogen-bond acceptors (Lipinski definition) is 4. The van der Waals surface area contributed by atoms with Crippen LogP contribution in [-0.2, 0) is 16.0 Å². The van der Waals surface area contributed by atoms with Crippen molar-refractivity contribution in [1.29, 1.82) is 0 Å². The van der Waals surface area contributed by atoms with E-state index in [0.29, 0.717) is 31.5 Å². The Morgan fingerprint density at radius 3 is 2.62 bits per heavy atom. The molecule has 0 radical (unpaired) electrons. The van der Waals surface area contributed by atoms with E-state index in [9.17, 15) is 9.59 Å². The summed E-state index contributed by atoms with van der Waals surface area (Å²) >= 11 is 0. The minimum atomic E-state index is 0.165. The van der Waals surface area contributed by atoms with E-state index in [-0.39, 0.29) is 11.7 Å². The first kappa shape index (κ1) is 20.4. The number of aryl methyl sites for hydroxylation is 1. The molecule has 5 nitrogen and oxygen atoms in total. The third kappa shape index (κ3) is 7.16. The Morgan fingerprint density at radius 1 is 1.23 bits per heavy atom. The Morgan fingerprint density at radius 2 is 1.96 bits per heavy atom. The number of carbonyl (C=O) groups excluding carboxylic acids is 2. The van der Waals surface area contributed by atoms with Crippen molar-refractivity contribution in [2.45, 2.75) is 65.0 Å². The summed E-state index contributed by atoms with van der Waals surface area (Å²) in [4.78, 5) is 25.4. The molecule has 26 heavy (non-hydrogen) atoms. The molecule has 1 aromatic rings. The Bertz CT molecular complexity index is 583. The van der Waals surface area contributed by atoms with Gasteiger partial charge in [-0.1, -0.05) is 26.0 Å². The fourth-order valence-corrected chi connectivity index (χ4v) is 3.30. The van der Waals surface area contributed by atoms with Gasteiger partial charge in [-0.3, -0.25) is 4.79 Å². The Hall–Kier alpha value is -1.88. The number of likely N-dealkylation sites (tertiary alicyclic amines) is 1. The van der Waals surface area contributed by atoms with Crippen LogP contribution < -0.4 is 10.1 Å². The van der Waals surface area contributed by atoms with Crippen molar-refractivity contribution in [1.82, 2.24) is 10.2 Å². The minimum absolute atomic E-state index is 0.165. The smallest absolute Gasteiger partial charge is 0.226 e. The Labute approximate surface area is 157 Å². The number of hydrogen-bond donors (Lipinski definition) is 1. The van der Waals surface area contributed by atoms with Crippen LogP contribution in [0.3, 0.4) is 0 Å². The van der Waals surface area contributed by atoms with Crippen LogP contribution in [-0.4, -0.2) is 48.4 Å². The highest BCUT2D eigenvalue weighted by Gasteiger charge is 2.23. The molecule has 1 atom stereocenters. The number of amides is 1. The van der Waals surface area contributed by atoms with Crippen LogP contribution in [0.1, 0.15) is 52.0 Å². The fraction of sp³-hybridized carbons (Fsp3) is 0.619. The number of benzene rings is 1. The van der Waals surface area contributed by atoms with Gasteiger partial charge in [0.15, 0.2) is 0 Å². The molecule has 1 saturated heterocycles.